The second-order valence-electron chi connectivity index (χ2n) is 2.46. The van der Waals surface area contributed by atoms with E-state index in [1.807, 2.05) is 17.7 Å². The van der Waals surface area contributed by atoms with Gasteiger partial charge >= 0.3 is 0 Å². The first-order valence-electron chi connectivity index (χ1n) is 3.31. The first kappa shape index (κ1) is 8.01. The van der Waals surface area contributed by atoms with E-state index < -0.39 is 0 Å². The lowest BCUT2D eigenvalue weighted by Crippen LogP contribution is -1.85. The Balaban J connectivity index is 2.92. The molecule has 0 N–H and O–H groups in total. The third-order valence-corrected chi connectivity index (χ3v) is 2.31. The summed E-state index contributed by atoms with van der Waals surface area (Å²) in [5.41, 5.74) is 1.71. The van der Waals surface area contributed by atoms with Gasteiger partial charge in [-0.15, -0.1) is 0 Å². The van der Waals surface area contributed by atoms with Crippen molar-refractivity contribution in [1.82, 2.24) is 14.5 Å². The van der Waals surface area contributed by atoms with Crippen LogP contribution in [0.1, 0.15) is 0 Å². The molecule has 0 aliphatic heterocycles. The van der Waals surface area contributed by atoms with E-state index in [-0.39, 0.29) is 0 Å². The lowest BCUT2D eigenvalue weighted by atomic mass is 10.4. The zero-order chi connectivity index (χ0) is 8.72. The minimum absolute atomic E-state index is 0.431. The molecule has 0 aliphatic carbocycles. The largest absolute Gasteiger partial charge is 0.334 e. The van der Waals surface area contributed by atoms with E-state index in [9.17, 15) is 0 Å². The van der Waals surface area contributed by atoms with Gasteiger partial charge in [0.05, 0.1) is 11.8 Å². The van der Waals surface area contributed by atoms with Crippen molar-refractivity contribution < 1.29 is 0 Å². The fourth-order valence-electron chi connectivity index (χ4n) is 1.06. The zero-order valence-electron chi connectivity index (χ0n) is 6.25. The third-order valence-electron chi connectivity index (χ3n) is 1.64. The third kappa shape index (κ3) is 1.11. The summed E-state index contributed by atoms with van der Waals surface area (Å²) >= 11 is 9.12. The molecule has 2 heterocycles. The lowest BCUT2D eigenvalue weighted by molar-refractivity contribution is 0.947. The number of aromatic nitrogens is 3. The molecule has 0 radical (unpaired) electrons. The van der Waals surface area contributed by atoms with Crippen LogP contribution in [0, 0.1) is 0 Å². The monoisotopic (exact) mass is 245 g/mol. The van der Waals surface area contributed by atoms with E-state index in [1.165, 1.54) is 0 Å². The molecule has 0 unspecified atom stereocenters. The van der Waals surface area contributed by atoms with Gasteiger partial charge in [-0.25, -0.2) is 9.97 Å². The molecule has 0 atom stereocenters. The first-order chi connectivity index (χ1) is 5.68. The van der Waals surface area contributed by atoms with E-state index in [0.29, 0.717) is 5.15 Å². The number of aryl methyl sites for hydroxylation is 1. The first-order valence-corrected chi connectivity index (χ1v) is 4.48. The number of fused-ring (bicyclic) bond motifs is 1. The summed E-state index contributed by atoms with van der Waals surface area (Å²) < 4.78 is 2.62. The van der Waals surface area contributed by atoms with Crippen LogP contribution in [0.2, 0.25) is 5.15 Å². The topological polar surface area (TPSA) is 30.7 Å². The van der Waals surface area contributed by atoms with Crippen molar-refractivity contribution in [2.75, 3.05) is 0 Å². The van der Waals surface area contributed by atoms with E-state index in [1.54, 1.807) is 6.33 Å². The molecule has 2 aromatic heterocycles. The lowest BCUT2D eigenvalue weighted by Gasteiger charge is -1.95. The Morgan fingerprint density at radius 3 is 3.08 bits per heavy atom. The summed E-state index contributed by atoms with van der Waals surface area (Å²) in [6.07, 6.45) is 1.71. The van der Waals surface area contributed by atoms with Gasteiger partial charge in [0.25, 0.3) is 0 Å². The molecule has 0 saturated heterocycles. The van der Waals surface area contributed by atoms with Crippen LogP contribution in [0.3, 0.4) is 0 Å². The Bertz CT molecular complexity index is 437. The van der Waals surface area contributed by atoms with Crippen LogP contribution in [0.5, 0.6) is 0 Å². The van der Waals surface area contributed by atoms with E-state index in [0.717, 1.165) is 15.6 Å². The molecule has 12 heavy (non-hydrogen) atoms. The highest BCUT2D eigenvalue weighted by Gasteiger charge is 2.06. The standard InChI is InChI=1S/C7H5BrClN3/c1-12-3-10-6-4(12)2-5(8)11-7(6)9/h2-3H,1H3. The fourth-order valence-corrected chi connectivity index (χ4v) is 1.79. The highest BCUT2D eigenvalue weighted by Crippen LogP contribution is 2.22. The molecule has 0 bridgehead atoms. The number of hydrogen-bond acceptors (Lipinski definition) is 2. The summed E-state index contributed by atoms with van der Waals surface area (Å²) in [7, 11) is 1.91. The molecule has 0 aliphatic rings. The molecule has 0 saturated carbocycles. The van der Waals surface area contributed by atoms with Gasteiger partial charge < -0.3 is 4.57 Å². The molecule has 0 amide bonds. The summed E-state index contributed by atoms with van der Waals surface area (Å²) in [5.74, 6) is 0. The summed E-state index contributed by atoms with van der Waals surface area (Å²) in [6.45, 7) is 0. The van der Waals surface area contributed by atoms with Gasteiger partial charge in [-0.05, 0) is 22.0 Å². The molecule has 0 fully saturated rings. The highest BCUT2D eigenvalue weighted by molar-refractivity contribution is 9.10. The Kier molecular flexibility index (Phi) is 1.81. The molecule has 0 spiro atoms. The predicted molar refractivity (Wildman–Crippen MR) is 51.2 cm³/mol. The van der Waals surface area contributed by atoms with Gasteiger partial charge in [0, 0.05) is 7.05 Å². The van der Waals surface area contributed by atoms with Gasteiger partial charge in [0.2, 0.25) is 0 Å². The fraction of sp³-hybridized carbons (Fsp3) is 0.143. The predicted octanol–water partition coefficient (Wildman–Crippen LogP) is 2.38. The van der Waals surface area contributed by atoms with E-state index in [4.69, 9.17) is 11.6 Å². The average molecular weight is 246 g/mol. The second-order valence-corrected chi connectivity index (χ2v) is 3.63. The van der Waals surface area contributed by atoms with Crippen molar-refractivity contribution in [2.45, 2.75) is 0 Å². The van der Waals surface area contributed by atoms with E-state index in [2.05, 4.69) is 25.9 Å². The van der Waals surface area contributed by atoms with E-state index >= 15 is 0 Å². The maximum atomic E-state index is 5.86. The van der Waals surface area contributed by atoms with Crippen molar-refractivity contribution in [1.29, 1.82) is 0 Å². The van der Waals surface area contributed by atoms with Gasteiger partial charge in [-0.3, -0.25) is 0 Å². The van der Waals surface area contributed by atoms with Crippen molar-refractivity contribution in [3.05, 3.63) is 22.1 Å². The minimum Gasteiger partial charge on any atom is -0.334 e. The molecule has 0 aromatic carbocycles. The number of imidazole rings is 1. The molecule has 3 nitrogen and oxygen atoms in total. The van der Waals surface area contributed by atoms with Crippen LogP contribution in [0.25, 0.3) is 11.0 Å². The number of halogens is 2. The van der Waals surface area contributed by atoms with Gasteiger partial charge in [-0.2, -0.15) is 0 Å². The van der Waals surface area contributed by atoms with Crippen molar-refractivity contribution in [3.8, 4) is 0 Å². The minimum atomic E-state index is 0.431. The summed E-state index contributed by atoms with van der Waals surface area (Å²) in [6, 6.07) is 1.88. The Labute approximate surface area is 82.5 Å². The van der Waals surface area contributed by atoms with Gasteiger partial charge in [0.1, 0.15) is 10.1 Å². The molecule has 2 aromatic rings. The number of hydrogen-bond donors (Lipinski definition) is 0. The van der Waals surface area contributed by atoms with Crippen molar-refractivity contribution in [2.24, 2.45) is 7.05 Å². The normalized spacial score (nSPS) is 10.9. The van der Waals surface area contributed by atoms with Crippen LogP contribution in [0.4, 0.5) is 0 Å². The second kappa shape index (κ2) is 2.71. The molecule has 2 rings (SSSR count). The maximum absolute atomic E-state index is 5.86. The maximum Gasteiger partial charge on any atom is 0.158 e. The highest BCUT2D eigenvalue weighted by atomic mass is 79.9. The number of nitrogens with zero attached hydrogens (tertiary/aromatic N) is 3. The van der Waals surface area contributed by atoms with Crippen LogP contribution in [0.15, 0.2) is 17.0 Å². The van der Waals surface area contributed by atoms with Crippen LogP contribution in [-0.2, 0) is 7.05 Å². The zero-order valence-corrected chi connectivity index (χ0v) is 8.59. The average Bonchev–Trinajstić information content (AvgIpc) is 2.33. The van der Waals surface area contributed by atoms with Crippen LogP contribution < -0.4 is 0 Å². The Morgan fingerprint density at radius 1 is 1.58 bits per heavy atom. The molecule has 62 valence electrons. The summed E-state index contributed by atoms with van der Waals surface area (Å²) in [4.78, 5) is 8.13. The smallest absolute Gasteiger partial charge is 0.158 e. The van der Waals surface area contributed by atoms with Crippen LogP contribution >= 0.6 is 27.5 Å². The Hall–Kier alpha value is -0.610. The van der Waals surface area contributed by atoms with Gasteiger partial charge in [-0.1, -0.05) is 11.6 Å². The molecule has 5 heteroatoms. The number of rotatable bonds is 0. The molecular weight excluding hydrogens is 241 g/mol. The van der Waals surface area contributed by atoms with Crippen molar-refractivity contribution in [3.63, 3.8) is 0 Å². The van der Waals surface area contributed by atoms with Crippen LogP contribution in [-0.4, -0.2) is 14.5 Å². The number of pyridine rings is 1. The SMILES string of the molecule is Cn1cnc2c(Cl)nc(Br)cc21. The summed E-state index contributed by atoms with van der Waals surface area (Å²) in [5, 5.41) is 0.431. The quantitative estimate of drug-likeness (QED) is 0.668. The Morgan fingerprint density at radius 2 is 2.33 bits per heavy atom. The van der Waals surface area contributed by atoms with Gasteiger partial charge in [0.15, 0.2) is 5.15 Å². The molecular formula is C7H5BrClN3. The van der Waals surface area contributed by atoms with Crippen molar-refractivity contribution >= 4 is 38.6 Å².